The van der Waals surface area contributed by atoms with Crippen molar-refractivity contribution in [1.29, 1.82) is 0 Å². The summed E-state index contributed by atoms with van der Waals surface area (Å²) < 4.78 is 6.88. The molecule has 1 saturated heterocycles. The second-order valence-corrected chi connectivity index (χ2v) is 5.32. The molecule has 0 amide bonds. The lowest BCUT2D eigenvalue weighted by Gasteiger charge is -2.32. The van der Waals surface area contributed by atoms with Gasteiger partial charge in [0.2, 0.25) is 0 Å². The van der Waals surface area contributed by atoms with Crippen molar-refractivity contribution in [1.82, 2.24) is 10.2 Å². The fourth-order valence-electron chi connectivity index (χ4n) is 1.98. The summed E-state index contributed by atoms with van der Waals surface area (Å²) >= 11 is 3.42. The SMILES string of the molecule is CC(COc1ccc(Br)cc1)N1CCNCC1.Cl.Cl. The fourth-order valence-corrected chi connectivity index (χ4v) is 2.24. The van der Waals surface area contributed by atoms with E-state index in [1.807, 2.05) is 24.3 Å². The smallest absolute Gasteiger partial charge is 0.119 e. The normalized spacial score (nSPS) is 16.9. The topological polar surface area (TPSA) is 24.5 Å². The lowest BCUT2D eigenvalue weighted by Crippen LogP contribution is -2.49. The zero-order chi connectivity index (χ0) is 12.1. The molecule has 0 spiro atoms. The number of nitrogens with zero attached hydrogens (tertiary/aromatic N) is 1. The van der Waals surface area contributed by atoms with Gasteiger partial charge in [0.25, 0.3) is 0 Å². The van der Waals surface area contributed by atoms with Gasteiger partial charge in [-0.15, -0.1) is 24.8 Å². The summed E-state index contributed by atoms with van der Waals surface area (Å²) in [5, 5.41) is 3.36. The maximum Gasteiger partial charge on any atom is 0.119 e. The zero-order valence-corrected chi connectivity index (χ0v) is 14.2. The van der Waals surface area contributed by atoms with Gasteiger partial charge in [-0.2, -0.15) is 0 Å². The van der Waals surface area contributed by atoms with Gasteiger partial charge >= 0.3 is 0 Å². The molecule has 0 aliphatic carbocycles. The zero-order valence-electron chi connectivity index (χ0n) is 11.0. The first-order valence-corrected chi connectivity index (χ1v) is 6.88. The molecule has 0 radical (unpaired) electrons. The third-order valence-corrected chi connectivity index (χ3v) is 3.61. The van der Waals surface area contributed by atoms with E-state index in [0.717, 1.165) is 43.0 Å². The van der Waals surface area contributed by atoms with E-state index >= 15 is 0 Å². The highest BCUT2D eigenvalue weighted by atomic mass is 79.9. The van der Waals surface area contributed by atoms with Crippen molar-refractivity contribution in [2.75, 3.05) is 32.8 Å². The minimum atomic E-state index is 0. The molecule has 0 bridgehead atoms. The molecule has 0 aromatic heterocycles. The highest BCUT2D eigenvalue weighted by Crippen LogP contribution is 2.16. The standard InChI is InChI=1S/C13H19BrN2O.2ClH/c1-11(16-8-6-15-7-9-16)10-17-13-4-2-12(14)3-5-13;;/h2-5,11,15H,6-10H2,1H3;2*1H. The predicted molar refractivity (Wildman–Crippen MR) is 88.0 cm³/mol. The first kappa shape index (κ1) is 19.0. The van der Waals surface area contributed by atoms with E-state index in [2.05, 4.69) is 33.1 Å². The third kappa shape index (κ3) is 6.32. The molecule has 1 atom stereocenters. The van der Waals surface area contributed by atoms with Crippen LogP contribution in [0.25, 0.3) is 0 Å². The quantitative estimate of drug-likeness (QED) is 0.880. The number of halogens is 3. The second-order valence-electron chi connectivity index (χ2n) is 4.40. The second kappa shape index (κ2) is 9.83. The number of rotatable bonds is 4. The molecule has 1 aliphatic heterocycles. The average Bonchev–Trinajstić information content (AvgIpc) is 2.39. The van der Waals surface area contributed by atoms with Gasteiger partial charge in [0.15, 0.2) is 0 Å². The molecule has 1 N–H and O–H groups in total. The number of ether oxygens (including phenoxy) is 1. The fraction of sp³-hybridized carbons (Fsp3) is 0.538. The van der Waals surface area contributed by atoms with Crippen LogP contribution in [0.4, 0.5) is 0 Å². The van der Waals surface area contributed by atoms with Crippen LogP contribution in [0.1, 0.15) is 6.92 Å². The van der Waals surface area contributed by atoms with Crippen molar-refractivity contribution in [3.8, 4) is 5.75 Å². The number of piperazine rings is 1. The van der Waals surface area contributed by atoms with Crippen molar-refractivity contribution in [2.45, 2.75) is 13.0 Å². The van der Waals surface area contributed by atoms with Crippen LogP contribution in [0.5, 0.6) is 5.75 Å². The van der Waals surface area contributed by atoms with E-state index in [4.69, 9.17) is 4.74 Å². The van der Waals surface area contributed by atoms with Crippen LogP contribution in [0.15, 0.2) is 28.7 Å². The van der Waals surface area contributed by atoms with Gasteiger partial charge in [-0.25, -0.2) is 0 Å². The van der Waals surface area contributed by atoms with Crippen molar-refractivity contribution >= 4 is 40.7 Å². The molecular weight excluding hydrogens is 351 g/mol. The van der Waals surface area contributed by atoms with Crippen LogP contribution < -0.4 is 10.1 Å². The van der Waals surface area contributed by atoms with E-state index < -0.39 is 0 Å². The summed E-state index contributed by atoms with van der Waals surface area (Å²) in [5.74, 6) is 0.940. The minimum Gasteiger partial charge on any atom is -0.492 e. The summed E-state index contributed by atoms with van der Waals surface area (Å²) in [5.41, 5.74) is 0. The molecule has 1 unspecified atom stereocenters. The summed E-state index contributed by atoms with van der Waals surface area (Å²) in [6, 6.07) is 8.47. The first-order chi connectivity index (χ1) is 8.25. The Morgan fingerprint density at radius 1 is 1.21 bits per heavy atom. The van der Waals surface area contributed by atoms with Crippen molar-refractivity contribution in [2.24, 2.45) is 0 Å². The number of hydrogen-bond acceptors (Lipinski definition) is 3. The van der Waals surface area contributed by atoms with E-state index in [1.54, 1.807) is 0 Å². The Hall–Kier alpha value is -0.000000000000000222. The minimum absolute atomic E-state index is 0. The van der Waals surface area contributed by atoms with Gasteiger partial charge < -0.3 is 10.1 Å². The third-order valence-electron chi connectivity index (χ3n) is 3.08. The van der Waals surface area contributed by atoms with Crippen LogP contribution >= 0.6 is 40.7 Å². The molecule has 1 aromatic carbocycles. The van der Waals surface area contributed by atoms with Crippen molar-refractivity contribution in [3.05, 3.63) is 28.7 Å². The maximum atomic E-state index is 5.79. The molecule has 19 heavy (non-hydrogen) atoms. The van der Waals surface area contributed by atoms with Crippen molar-refractivity contribution in [3.63, 3.8) is 0 Å². The predicted octanol–water partition coefficient (Wildman–Crippen LogP) is 2.97. The van der Waals surface area contributed by atoms with Gasteiger partial charge in [-0.3, -0.25) is 4.90 Å². The number of hydrogen-bond donors (Lipinski definition) is 1. The van der Waals surface area contributed by atoms with Crippen LogP contribution in [-0.4, -0.2) is 43.7 Å². The number of nitrogens with one attached hydrogen (secondary N) is 1. The monoisotopic (exact) mass is 370 g/mol. The molecule has 3 nitrogen and oxygen atoms in total. The molecule has 1 aliphatic rings. The maximum absolute atomic E-state index is 5.79. The van der Waals surface area contributed by atoms with Gasteiger partial charge in [-0.1, -0.05) is 15.9 Å². The Balaban J connectivity index is 0.00000162. The van der Waals surface area contributed by atoms with Gasteiger partial charge in [0.05, 0.1) is 0 Å². The Morgan fingerprint density at radius 3 is 2.37 bits per heavy atom. The van der Waals surface area contributed by atoms with Gasteiger partial charge in [0.1, 0.15) is 12.4 Å². The lowest BCUT2D eigenvalue weighted by atomic mass is 10.2. The molecule has 1 aromatic rings. The Kier molecular flexibility index (Phi) is 9.83. The van der Waals surface area contributed by atoms with Crippen molar-refractivity contribution < 1.29 is 4.74 Å². The summed E-state index contributed by atoms with van der Waals surface area (Å²) in [7, 11) is 0. The summed E-state index contributed by atoms with van der Waals surface area (Å²) in [6.45, 7) is 7.38. The number of benzene rings is 1. The van der Waals surface area contributed by atoms with E-state index in [-0.39, 0.29) is 24.8 Å². The summed E-state index contributed by atoms with van der Waals surface area (Å²) in [6.07, 6.45) is 0. The molecule has 2 rings (SSSR count). The molecule has 110 valence electrons. The largest absolute Gasteiger partial charge is 0.492 e. The Bertz CT molecular complexity index is 345. The van der Waals surface area contributed by atoms with Crippen LogP contribution in [-0.2, 0) is 0 Å². The van der Waals surface area contributed by atoms with Crippen LogP contribution in [0, 0.1) is 0 Å². The average molecular weight is 372 g/mol. The Labute approximate surface area is 136 Å². The van der Waals surface area contributed by atoms with Gasteiger partial charge in [0, 0.05) is 36.7 Å². The Morgan fingerprint density at radius 2 is 1.79 bits per heavy atom. The molecule has 1 heterocycles. The van der Waals surface area contributed by atoms with Gasteiger partial charge in [-0.05, 0) is 31.2 Å². The molecular formula is C13H21BrCl2N2O. The van der Waals surface area contributed by atoms with E-state index in [1.165, 1.54) is 0 Å². The first-order valence-electron chi connectivity index (χ1n) is 6.09. The van der Waals surface area contributed by atoms with Crippen LogP contribution in [0.3, 0.4) is 0 Å². The van der Waals surface area contributed by atoms with E-state index in [0.29, 0.717) is 6.04 Å². The highest BCUT2D eigenvalue weighted by molar-refractivity contribution is 9.10. The molecule has 1 fully saturated rings. The molecule has 6 heteroatoms. The lowest BCUT2D eigenvalue weighted by molar-refractivity contribution is 0.132. The summed E-state index contributed by atoms with van der Waals surface area (Å²) in [4.78, 5) is 2.47. The van der Waals surface area contributed by atoms with Crippen LogP contribution in [0.2, 0.25) is 0 Å². The highest BCUT2D eigenvalue weighted by Gasteiger charge is 2.16. The van der Waals surface area contributed by atoms with E-state index in [9.17, 15) is 0 Å². The molecule has 0 saturated carbocycles.